The van der Waals surface area contributed by atoms with Gasteiger partial charge in [-0.15, -0.1) is 0 Å². The number of carbonyl (C=O) groups excluding carboxylic acids is 1. The standard InChI is InChI=1S/C17H20N2O2/c1-12-5-3-4-6-13(12)7-10-17(20)19-15-11-14(18)8-9-16(15)21-2/h3-6,8-9,11H,7,10,18H2,1-2H3,(H,19,20). The molecule has 0 aliphatic rings. The summed E-state index contributed by atoms with van der Waals surface area (Å²) in [6.45, 7) is 2.05. The van der Waals surface area contributed by atoms with Gasteiger partial charge in [-0.05, 0) is 42.7 Å². The number of nitrogens with one attached hydrogen (secondary N) is 1. The predicted molar refractivity (Wildman–Crippen MR) is 85.5 cm³/mol. The second-order valence-corrected chi connectivity index (χ2v) is 4.93. The average molecular weight is 284 g/mol. The van der Waals surface area contributed by atoms with Crippen molar-refractivity contribution in [3.05, 3.63) is 53.6 Å². The molecule has 0 saturated carbocycles. The van der Waals surface area contributed by atoms with Crippen LogP contribution in [0.3, 0.4) is 0 Å². The van der Waals surface area contributed by atoms with Crippen LogP contribution in [0.1, 0.15) is 17.5 Å². The Labute approximate surface area is 124 Å². The number of ether oxygens (including phenoxy) is 1. The van der Waals surface area contributed by atoms with Crippen molar-refractivity contribution in [2.24, 2.45) is 0 Å². The normalized spacial score (nSPS) is 10.2. The molecule has 0 fully saturated rings. The molecule has 0 heterocycles. The van der Waals surface area contributed by atoms with Crippen molar-refractivity contribution in [1.29, 1.82) is 0 Å². The molecular formula is C17H20N2O2. The van der Waals surface area contributed by atoms with Crippen LogP contribution in [0.2, 0.25) is 0 Å². The van der Waals surface area contributed by atoms with Crippen molar-refractivity contribution in [1.82, 2.24) is 0 Å². The summed E-state index contributed by atoms with van der Waals surface area (Å²) in [7, 11) is 1.56. The summed E-state index contributed by atoms with van der Waals surface area (Å²) >= 11 is 0. The minimum absolute atomic E-state index is 0.0536. The van der Waals surface area contributed by atoms with E-state index in [-0.39, 0.29) is 5.91 Å². The number of amides is 1. The number of hydrogen-bond donors (Lipinski definition) is 2. The first kappa shape index (κ1) is 14.9. The highest BCUT2D eigenvalue weighted by atomic mass is 16.5. The van der Waals surface area contributed by atoms with Crippen LogP contribution in [0.25, 0.3) is 0 Å². The predicted octanol–water partition coefficient (Wildman–Crippen LogP) is 3.16. The lowest BCUT2D eigenvalue weighted by atomic mass is 10.0. The number of benzene rings is 2. The zero-order chi connectivity index (χ0) is 15.2. The van der Waals surface area contributed by atoms with Crippen LogP contribution in [0.15, 0.2) is 42.5 Å². The van der Waals surface area contributed by atoms with Crippen LogP contribution in [-0.2, 0) is 11.2 Å². The Bertz CT molecular complexity index is 638. The van der Waals surface area contributed by atoms with E-state index in [2.05, 4.69) is 5.32 Å². The molecule has 4 nitrogen and oxygen atoms in total. The number of nitrogen functional groups attached to an aromatic ring is 1. The summed E-state index contributed by atoms with van der Waals surface area (Å²) in [5.74, 6) is 0.551. The Hall–Kier alpha value is -2.49. The summed E-state index contributed by atoms with van der Waals surface area (Å²) in [5, 5.41) is 2.85. The maximum atomic E-state index is 12.1. The van der Waals surface area contributed by atoms with Gasteiger partial charge in [0.2, 0.25) is 5.91 Å². The lowest BCUT2D eigenvalue weighted by Crippen LogP contribution is -2.13. The van der Waals surface area contributed by atoms with Gasteiger partial charge in [0.1, 0.15) is 5.75 Å². The largest absolute Gasteiger partial charge is 0.495 e. The van der Waals surface area contributed by atoms with Gasteiger partial charge in [0.15, 0.2) is 0 Å². The fourth-order valence-corrected chi connectivity index (χ4v) is 2.17. The lowest BCUT2D eigenvalue weighted by molar-refractivity contribution is -0.116. The molecule has 0 unspecified atom stereocenters. The van der Waals surface area contributed by atoms with E-state index in [0.29, 0.717) is 30.0 Å². The zero-order valence-corrected chi connectivity index (χ0v) is 12.3. The quantitative estimate of drug-likeness (QED) is 0.829. The van der Waals surface area contributed by atoms with Crippen molar-refractivity contribution >= 4 is 17.3 Å². The summed E-state index contributed by atoms with van der Waals surface area (Å²) in [5.41, 5.74) is 9.32. The van der Waals surface area contributed by atoms with Gasteiger partial charge in [0.25, 0.3) is 0 Å². The Balaban J connectivity index is 1.99. The minimum Gasteiger partial charge on any atom is -0.495 e. The molecule has 0 aliphatic carbocycles. The molecule has 0 radical (unpaired) electrons. The number of anilines is 2. The van der Waals surface area contributed by atoms with E-state index in [1.165, 1.54) is 11.1 Å². The Kier molecular flexibility index (Phi) is 4.82. The molecule has 0 saturated heterocycles. The van der Waals surface area contributed by atoms with Crippen molar-refractivity contribution in [2.75, 3.05) is 18.2 Å². The fourth-order valence-electron chi connectivity index (χ4n) is 2.17. The number of rotatable bonds is 5. The van der Waals surface area contributed by atoms with Crippen LogP contribution in [0.4, 0.5) is 11.4 Å². The highest BCUT2D eigenvalue weighted by molar-refractivity contribution is 5.93. The maximum Gasteiger partial charge on any atom is 0.224 e. The second-order valence-electron chi connectivity index (χ2n) is 4.93. The molecular weight excluding hydrogens is 264 g/mol. The van der Waals surface area contributed by atoms with E-state index >= 15 is 0 Å². The highest BCUT2D eigenvalue weighted by Gasteiger charge is 2.09. The monoisotopic (exact) mass is 284 g/mol. The van der Waals surface area contributed by atoms with Gasteiger partial charge in [-0.1, -0.05) is 24.3 Å². The summed E-state index contributed by atoms with van der Waals surface area (Å²) < 4.78 is 5.21. The second kappa shape index (κ2) is 6.79. The SMILES string of the molecule is COc1ccc(N)cc1NC(=O)CCc1ccccc1C. The van der Waals surface area contributed by atoms with Crippen molar-refractivity contribution in [3.63, 3.8) is 0 Å². The third-order valence-corrected chi connectivity index (χ3v) is 3.38. The summed E-state index contributed by atoms with van der Waals surface area (Å²) in [4.78, 5) is 12.1. The minimum atomic E-state index is -0.0536. The zero-order valence-electron chi connectivity index (χ0n) is 12.3. The molecule has 21 heavy (non-hydrogen) atoms. The van der Waals surface area contributed by atoms with E-state index in [0.717, 1.165) is 0 Å². The Morgan fingerprint density at radius 3 is 2.71 bits per heavy atom. The summed E-state index contributed by atoms with van der Waals surface area (Å²) in [6.07, 6.45) is 1.13. The number of nitrogens with two attached hydrogens (primary N) is 1. The van der Waals surface area contributed by atoms with Crippen LogP contribution >= 0.6 is 0 Å². The average Bonchev–Trinajstić information content (AvgIpc) is 2.47. The molecule has 110 valence electrons. The van der Waals surface area contributed by atoms with Gasteiger partial charge in [-0.3, -0.25) is 4.79 Å². The maximum absolute atomic E-state index is 12.1. The third kappa shape index (κ3) is 3.99. The van der Waals surface area contributed by atoms with Gasteiger partial charge in [-0.2, -0.15) is 0 Å². The van der Waals surface area contributed by atoms with E-state index in [4.69, 9.17) is 10.5 Å². The molecule has 2 aromatic rings. The van der Waals surface area contributed by atoms with Crippen LogP contribution < -0.4 is 15.8 Å². The molecule has 2 aromatic carbocycles. The first-order valence-electron chi connectivity index (χ1n) is 6.88. The van der Waals surface area contributed by atoms with Crippen molar-refractivity contribution < 1.29 is 9.53 Å². The molecule has 0 aliphatic heterocycles. The van der Waals surface area contributed by atoms with E-state index in [1.807, 2.05) is 31.2 Å². The lowest BCUT2D eigenvalue weighted by Gasteiger charge is -2.11. The van der Waals surface area contributed by atoms with E-state index in [9.17, 15) is 4.79 Å². The van der Waals surface area contributed by atoms with Crippen LogP contribution in [-0.4, -0.2) is 13.0 Å². The number of aryl methyl sites for hydroxylation is 2. The van der Waals surface area contributed by atoms with Crippen LogP contribution in [0.5, 0.6) is 5.75 Å². The third-order valence-electron chi connectivity index (χ3n) is 3.38. The number of carbonyl (C=O) groups is 1. The van der Waals surface area contributed by atoms with Crippen molar-refractivity contribution in [3.8, 4) is 5.75 Å². The van der Waals surface area contributed by atoms with Crippen molar-refractivity contribution in [2.45, 2.75) is 19.8 Å². The van der Waals surface area contributed by atoms with Gasteiger partial charge in [0.05, 0.1) is 12.8 Å². The number of hydrogen-bond acceptors (Lipinski definition) is 3. The molecule has 0 spiro atoms. The first-order chi connectivity index (χ1) is 10.1. The molecule has 0 atom stereocenters. The molecule has 3 N–H and O–H groups in total. The van der Waals surface area contributed by atoms with E-state index in [1.54, 1.807) is 25.3 Å². The Morgan fingerprint density at radius 2 is 2.00 bits per heavy atom. The van der Waals surface area contributed by atoms with Gasteiger partial charge < -0.3 is 15.8 Å². The Morgan fingerprint density at radius 1 is 1.24 bits per heavy atom. The fraction of sp³-hybridized carbons (Fsp3) is 0.235. The topological polar surface area (TPSA) is 64.3 Å². The smallest absolute Gasteiger partial charge is 0.224 e. The molecule has 0 aromatic heterocycles. The van der Waals surface area contributed by atoms with E-state index < -0.39 is 0 Å². The molecule has 4 heteroatoms. The number of methoxy groups -OCH3 is 1. The molecule has 1 amide bonds. The summed E-state index contributed by atoms with van der Waals surface area (Å²) in [6, 6.07) is 13.3. The molecule has 2 rings (SSSR count). The van der Waals surface area contributed by atoms with Gasteiger partial charge in [-0.25, -0.2) is 0 Å². The van der Waals surface area contributed by atoms with Crippen LogP contribution in [0, 0.1) is 6.92 Å². The molecule has 0 bridgehead atoms. The van der Waals surface area contributed by atoms with Gasteiger partial charge >= 0.3 is 0 Å². The first-order valence-corrected chi connectivity index (χ1v) is 6.88. The van der Waals surface area contributed by atoms with Gasteiger partial charge in [0, 0.05) is 12.1 Å². The highest BCUT2D eigenvalue weighted by Crippen LogP contribution is 2.26.